The summed E-state index contributed by atoms with van der Waals surface area (Å²) in [5.41, 5.74) is 3.36. The van der Waals surface area contributed by atoms with Crippen LogP contribution in [0.2, 0.25) is 5.02 Å². The Balaban J connectivity index is 1.50. The van der Waals surface area contributed by atoms with Gasteiger partial charge in [-0.05, 0) is 61.0 Å². The molecule has 0 aliphatic heterocycles. The molecule has 4 aromatic rings. The van der Waals surface area contributed by atoms with Crippen molar-refractivity contribution < 1.29 is 4.74 Å². The number of imidazole rings is 1. The molecule has 0 unspecified atom stereocenters. The molecule has 3 aromatic carbocycles. The number of fused-ring (bicyclic) bond motifs is 1. The fourth-order valence-corrected chi connectivity index (χ4v) is 4.09. The highest BCUT2D eigenvalue weighted by Crippen LogP contribution is 2.26. The third kappa shape index (κ3) is 4.51. The van der Waals surface area contributed by atoms with Crippen molar-refractivity contribution in [2.45, 2.75) is 24.1 Å². The normalized spacial score (nSPS) is 11.1. The summed E-state index contributed by atoms with van der Waals surface area (Å²) in [6.45, 7) is 3.43. The first-order chi connectivity index (χ1) is 13.7. The van der Waals surface area contributed by atoms with Gasteiger partial charge in [0.05, 0.1) is 23.3 Å². The Morgan fingerprint density at radius 1 is 1.00 bits per heavy atom. The van der Waals surface area contributed by atoms with Crippen molar-refractivity contribution in [2.24, 2.45) is 0 Å². The second-order valence-corrected chi connectivity index (χ2v) is 8.06. The fourth-order valence-electron chi connectivity index (χ4n) is 3.12. The van der Waals surface area contributed by atoms with Gasteiger partial charge in [0.1, 0.15) is 18.2 Å². The molecule has 142 valence electrons. The number of benzene rings is 3. The second-order valence-electron chi connectivity index (χ2n) is 6.58. The molecule has 28 heavy (non-hydrogen) atoms. The van der Waals surface area contributed by atoms with Crippen molar-refractivity contribution in [1.29, 1.82) is 0 Å². The van der Waals surface area contributed by atoms with Crippen molar-refractivity contribution in [2.75, 3.05) is 6.61 Å². The number of hydrogen-bond acceptors (Lipinski definition) is 3. The van der Waals surface area contributed by atoms with Gasteiger partial charge >= 0.3 is 0 Å². The van der Waals surface area contributed by atoms with Crippen molar-refractivity contribution >= 4 is 34.4 Å². The topological polar surface area (TPSA) is 27.1 Å². The maximum atomic E-state index is 5.99. The number of para-hydroxylation sites is 2. The molecule has 0 saturated heterocycles. The molecular weight excluding hydrogens is 388 g/mol. The van der Waals surface area contributed by atoms with Crippen LogP contribution >= 0.6 is 23.4 Å². The van der Waals surface area contributed by atoms with Gasteiger partial charge in [-0.25, -0.2) is 4.98 Å². The smallest absolute Gasteiger partial charge is 0.120 e. The largest absolute Gasteiger partial charge is 0.492 e. The van der Waals surface area contributed by atoms with Gasteiger partial charge in [0.25, 0.3) is 0 Å². The highest BCUT2D eigenvalue weighted by Gasteiger charge is 2.11. The monoisotopic (exact) mass is 408 g/mol. The first-order valence-electron chi connectivity index (χ1n) is 9.21. The zero-order chi connectivity index (χ0) is 19.3. The minimum atomic E-state index is 0.600. The average molecular weight is 409 g/mol. The van der Waals surface area contributed by atoms with Gasteiger partial charge in [-0.1, -0.05) is 35.9 Å². The van der Waals surface area contributed by atoms with Crippen LogP contribution in [0.25, 0.3) is 11.0 Å². The molecule has 0 fully saturated rings. The molecule has 0 saturated carbocycles. The van der Waals surface area contributed by atoms with Crippen LogP contribution in [0.3, 0.4) is 0 Å². The number of hydrogen-bond donors (Lipinski definition) is 0. The molecule has 0 N–H and O–H groups in total. The molecule has 1 aromatic heterocycles. The van der Waals surface area contributed by atoms with E-state index in [-0.39, 0.29) is 0 Å². The first-order valence-corrected chi connectivity index (χ1v) is 10.6. The van der Waals surface area contributed by atoms with Gasteiger partial charge in [0.15, 0.2) is 0 Å². The minimum Gasteiger partial charge on any atom is -0.492 e. The number of halogens is 1. The zero-order valence-electron chi connectivity index (χ0n) is 15.6. The summed E-state index contributed by atoms with van der Waals surface area (Å²) in [6.07, 6.45) is 0. The summed E-state index contributed by atoms with van der Waals surface area (Å²) < 4.78 is 8.23. The van der Waals surface area contributed by atoms with Crippen LogP contribution in [-0.2, 0) is 12.3 Å². The van der Waals surface area contributed by atoms with E-state index in [9.17, 15) is 0 Å². The van der Waals surface area contributed by atoms with Gasteiger partial charge in [0.2, 0.25) is 0 Å². The lowest BCUT2D eigenvalue weighted by atomic mass is 10.2. The Hall–Kier alpha value is -2.43. The Morgan fingerprint density at radius 3 is 2.64 bits per heavy atom. The summed E-state index contributed by atoms with van der Waals surface area (Å²) in [5.74, 6) is 2.75. The number of rotatable bonds is 7. The van der Waals surface area contributed by atoms with Gasteiger partial charge in [-0.2, -0.15) is 0 Å². The van der Waals surface area contributed by atoms with Crippen molar-refractivity contribution in [1.82, 2.24) is 9.55 Å². The van der Waals surface area contributed by atoms with E-state index in [2.05, 4.69) is 41.8 Å². The van der Waals surface area contributed by atoms with Crippen LogP contribution in [0.4, 0.5) is 0 Å². The number of thioether (sulfide) groups is 1. The van der Waals surface area contributed by atoms with E-state index in [0.29, 0.717) is 6.61 Å². The van der Waals surface area contributed by atoms with Crippen molar-refractivity contribution in [3.63, 3.8) is 0 Å². The van der Waals surface area contributed by atoms with Crippen molar-refractivity contribution in [3.05, 3.63) is 89.2 Å². The SMILES string of the molecule is Cc1cccc(OCCn2c(CSc3ccc(Cl)cc3)nc3ccccc32)c1. The van der Waals surface area contributed by atoms with Crippen LogP contribution in [0.1, 0.15) is 11.4 Å². The van der Waals surface area contributed by atoms with Crippen LogP contribution in [0, 0.1) is 6.92 Å². The van der Waals surface area contributed by atoms with Gasteiger partial charge < -0.3 is 9.30 Å². The van der Waals surface area contributed by atoms with Crippen molar-refractivity contribution in [3.8, 4) is 5.75 Å². The van der Waals surface area contributed by atoms with E-state index in [1.54, 1.807) is 11.8 Å². The Morgan fingerprint density at radius 2 is 1.82 bits per heavy atom. The number of ether oxygens (including phenoxy) is 1. The van der Waals surface area contributed by atoms with Gasteiger partial charge in [0, 0.05) is 9.92 Å². The summed E-state index contributed by atoms with van der Waals surface area (Å²) >= 11 is 7.75. The number of aryl methyl sites for hydroxylation is 1. The van der Waals surface area contributed by atoms with E-state index in [1.807, 2.05) is 42.5 Å². The lowest BCUT2D eigenvalue weighted by Crippen LogP contribution is -2.11. The lowest BCUT2D eigenvalue weighted by Gasteiger charge is -2.11. The molecule has 0 aliphatic carbocycles. The molecule has 0 spiro atoms. The van der Waals surface area contributed by atoms with Crippen LogP contribution in [-0.4, -0.2) is 16.2 Å². The average Bonchev–Trinajstić information content (AvgIpc) is 3.05. The molecule has 0 radical (unpaired) electrons. The van der Waals surface area contributed by atoms with E-state index in [0.717, 1.165) is 39.9 Å². The molecular formula is C23H21ClN2OS. The molecule has 0 aliphatic rings. The Labute approximate surface area is 174 Å². The maximum Gasteiger partial charge on any atom is 0.120 e. The highest BCUT2D eigenvalue weighted by atomic mass is 35.5. The van der Waals surface area contributed by atoms with Crippen LogP contribution in [0.15, 0.2) is 77.7 Å². The van der Waals surface area contributed by atoms with E-state index in [1.165, 1.54) is 10.5 Å². The Bertz CT molecular complexity index is 1080. The Kier molecular flexibility index (Phi) is 5.89. The number of nitrogens with zero attached hydrogens (tertiary/aromatic N) is 2. The standard InChI is InChI=1S/C23H21ClN2OS/c1-17-5-4-6-19(15-17)27-14-13-26-22-8-3-2-7-21(22)25-23(26)16-28-20-11-9-18(24)10-12-20/h2-12,15H,13-14,16H2,1H3. The summed E-state index contributed by atoms with van der Waals surface area (Å²) in [4.78, 5) is 6.03. The number of aromatic nitrogens is 2. The van der Waals surface area contributed by atoms with E-state index >= 15 is 0 Å². The quantitative estimate of drug-likeness (QED) is 0.332. The predicted octanol–water partition coefficient (Wildman–Crippen LogP) is 6.37. The summed E-state index contributed by atoms with van der Waals surface area (Å²) in [6, 6.07) is 24.3. The zero-order valence-corrected chi connectivity index (χ0v) is 17.2. The predicted molar refractivity (Wildman–Crippen MR) is 117 cm³/mol. The van der Waals surface area contributed by atoms with Crippen LogP contribution < -0.4 is 4.74 Å². The third-order valence-electron chi connectivity index (χ3n) is 4.49. The maximum absolute atomic E-state index is 5.99. The fraction of sp³-hybridized carbons (Fsp3) is 0.174. The lowest BCUT2D eigenvalue weighted by molar-refractivity contribution is 0.298. The summed E-state index contributed by atoms with van der Waals surface area (Å²) in [5, 5.41) is 0.755. The van der Waals surface area contributed by atoms with E-state index < -0.39 is 0 Å². The first kappa shape index (κ1) is 18.9. The molecule has 5 heteroatoms. The molecule has 4 rings (SSSR count). The summed E-state index contributed by atoms with van der Waals surface area (Å²) in [7, 11) is 0. The van der Waals surface area contributed by atoms with Crippen LogP contribution in [0.5, 0.6) is 5.75 Å². The highest BCUT2D eigenvalue weighted by molar-refractivity contribution is 7.98. The third-order valence-corrected chi connectivity index (χ3v) is 5.75. The molecule has 0 atom stereocenters. The van der Waals surface area contributed by atoms with E-state index in [4.69, 9.17) is 21.3 Å². The minimum absolute atomic E-state index is 0.600. The van der Waals surface area contributed by atoms with Gasteiger partial charge in [-0.3, -0.25) is 0 Å². The molecule has 3 nitrogen and oxygen atoms in total. The molecule has 0 bridgehead atoms. The second kappa shape index (κ2) is 8.72. The molecule has 0 amide bonds. The molecule has 1 heterocycles. The van der Waals surface area contributed by atoms with Gasteiger partial charge in [-0.15, -0.1) is 11.8 Å².